The summed E-state index contributed by atoms with van der Waals surface area (Å²) >= 11 is 0. The van der Waals surface area contributed by atoms with Crippen LogP contribution in [0.25, 0.3) is 0 Å². The van der Waals surface area contributed by atoms with Crippen molar-refractivity contribution in [2.24, 2.45) is 5.92 Å². The first-order valence-electron chi connectivity index (χ1n) is 7.96. The molecule has 1 saturated heterocycles. The van der Waals surface area contributed by atoms with Crippen LogP contribution < -0.4 is 5.32 Å². The van der Waals surface area contributed by atoms with Gasteiger partial charge in [0.15, 0.2) is 0 Å². The molecule has 4 heteroatoms. The number of aryl methyl sites for hydroxylation is 1. The summed E-state index contributed by atoms with van der Waals surface area (Å²) in [5.74, 6) is 0.850. The molecule has 1 aliphatic heterocycles. The van der Waals surface area contributed by atoms with Crippen molar-refractivity contribution in [2.75, 3.05) is 19.6 Å². The van der Waals surface area contributed by atoms with E-state index in [4.69, 9.17) is 0 Å². The van der Waals surface area contributed by atoms with Crippen molar-refractivity contribution >= 4 is 5.91 Å². The van der Waals surface area contributed by atoms with E-state index in [9.17, 15) is 4.79 Å². The Morgan fingerprint density at radius 3 is 2.95 bits per heavy atom. The molecule has 1 aromatic rings. The Morgan fingerprint density at radius 2 is 2.30 bits per heavy atom. The molecule has 1 amide bonds. The Morgan fingerprint density at radius 1 is 1.45 bits per heavy atom. The third-order valence-corrected chi connectivity index (χ3v) is 4.49. The SMILES string of the molecule is CCn1cccc1C(=O)N(CC1CCCNC1)C1CC1. The number of nitrogens with one attached hydrogen (secondary N) is 1. The van der Waals surface area contributed by atoms with E-state index in [-0.39, 0.29) is 5.91 Å². The van der Waals surface area contributed by atoms with Crippen LogP contribution in [0.5, 0.6) is 0 Å². The zero-order valence-corrected chi connectivity index (χ0v) is 12.3. The summed E-state index contributed by atoms with van der Waals surface area (Å²) in [5.41, 5.74) is 0.850. The second-order valence-corrected chi connectivity index (χ2v) is 6.08. The van der Waals surface area contributed by atoms with E-state index in [0.29, 0.717) is 12.0 Å². The first kappa shape index (κ1) is 13.7. The maximum atomic E-state index is 12.8. The van der Waals surface area contributed by atoms with Gasteiger partial charge in [-0.1, -0.05) is 0 Å². The van der Waals surface area contributed by atoms with Crippen LogP contribution in [0.1, 0.15) is 43.1 Å². The summed E-state index contributed by atoms with van der Waals surface area (Å²) in [6.07, 6.45) is 6.85. The van der Waals surface area contributed by atoms with Crippen molar-refractivity contribution in [3.05, 3.63) is 24.0 Å². The summed E-state index contributed by atoms with van der Waals surface area (Å²) in [6.45, 7) is 6.06. The summed E-state index contributed by atoms with van der Waals surface area (Å²) in [5, 5.41) is 3.45. The van der Waals surface area contributed by atoms with Gasteiger partial charge in [0.2, 0.25) is 0 Å². The predicted molar refractivity (Wildman–Crippen MR) is 79.8 cm³/mol. The zero-order chi connectivity index (χ0) is 13.9. The smallest absolute Gasteiger partial charge is 0.270 e. The molecule has 2 fully saturated rings. The van der Waals surface area contributed by atoms with Crippen LogP contribution in [-0.4, -0.2) is 41.1 Å². The molecule has 20 heavy (non-hydrogen) atoms. The summed E-state index contributed by atoms with van der Waals surface area (Å²) in [6, 6.07) is 4.43. The molecular weight excluding hydrogens is 250 g/mol. The molecule has 2 heterocycles. The highest BCUT2D eigenvalue weighted by atomic mass is 16.2. The van der Waals surface area contributed by atoms with Gasteiger partial charge in [0.05, 0.1) is 0 Å². The van der Waals surface area contributed by atoms with Gasteiger partial charge in [-0.15, -0.1) is 0 Å². The van der Waals surface area contributed by atoms with Gasteiger partial charge in [-0.25, -0.2) is 0 Å². The molecule has 4 nitrogen and oxygen atoms in total. The highest BCUT2D eigenvalue weighted by Gasteiger charge is 2.35. The van der Waals surface area contributed by atoms with Gasteiger partial charge in [-0.05, 0) is 63.7 Å². The van der Waals surface area contributed by atoms with Crippen LogP contribution >= 0.6 is 0 Å². The fourth-order valence-corrected chi connectivity index (χ4v) is 3.17. The highest BCUT2D eigenvalue weighted by Crippen LogP contribution is 2.30. The van der Waals surface area contributed by atoms with Crippen LogP contribution in [-0.2, 0) is 6.54 Å². The summed E-state index contributed by atoms with van der Waals surface area (Å²) in [4.78, 5) is 15.0. The predicted octanol–water partition coefficient (Wildman–Crippen LogP) is 2.11. The van der Waals surface area contributed by atoms with E-state index in [0.717, 1.165) is 31.9 Å². The average Bonchev–Trinajstić information content (AvgIpc) is 3.21. The fraction of sp³-hybridized carbons (Fsp3) is 0.688. The lowest BCUT2D eigenvalue weighted by Gasteiger charge is -2.30. The van der Waals surface area contributed by atoms with Crippen LogP contribution in [0.4, 0.5) is 0 Å². The largest absolute Gasteiger partial charge is 0.344 e. The van der Waals surface area contributed by atoms with Crippen molar-refractivity contribution in [2.45, 2.75) is 45.2 Å². The number of piperidine rings is 1. The first-order chi connectivity index (χ1) is 9.79. The van der Waals surface area contributed by atoms with Gasteiger partial charge >= 0.3 is 0 Å². The topological polar surface area (TPSA) is 37.3 Å². The number of hydrogen-bond acceptors (Lipinski definition) is 2. The maximum Gasteiger partial charge on any atom is 0.270 e. The zero-order valence-electron chi connectivity index (χ0n) is 12.3. The van der Waals surface area contributed by atoms with E-state index in [2.05, 4.69) is 21.7 Å². The molecule has 3 rings (SSSR count). The van der Waals surface area contributed by atoms with Gasteiger partial charge in [-0.2, -0.15) is 0 Å². The molecule has 0 radical (unpaired) electrons. The molecule has 1 aliphatic carbocycles. The number of carbonyl (C=O) groups is 1. The number of nitrogens with zero attached hydrogens (tertiary/aromatic N) is 2. The molecule has 0 spiro atoms. The molecule has 110 valence electrons. The van der Waals surface area contributed by atoms with Crippen molar-refractivity contribution < 1.29 is 4.79 Å². The van der Waals surface area contributed by atoms with Gasteiger partial charge in [-0.3, -0.25) is 4.79 Å². The Bertz CT molecular complexity index is 458. The second kappa shape index (κ2) is 6.00. The highest BCUT2D eigenvalue weighted by molar-refractivity contribution is 5.93. The van der Waals surface area contributed by atoms with Gasteiger partial charge in [0.1, 0.15) is 5.69 Å². The fourth-order valence-electron chi connectivity index (χ4n) is 3.17. The Labute approximate surface area is 121 Å². The number of aromatic nitrogens is 1. The minimum atomic E-state index is 0.227. The van der Waals surface area contributed by atoms with Crippen LogP contribution in [0, 0.1) is 5.92 Å². The normalized spacial score (nSPS) is 22.8. The molecule has 0 aromatic carbocycles. The minimum Gasteiger partial charge on any atom is -0.344 e. The summed E-state index contributed by atoms with van der Waals surface area (Å²) in [7, 11) is 0. The Kier molecular flexibility index (Phi) is 4.10. The van der Waals surface area contributed by atoms with Crippen molar-refractivity contribution in [3.63, 3.8) is 0 Å². The molecule has 1 aromatic heterocycles. The molecule has 2 aliphatic rings. The quantitative estimate of drug-likeness (QED) is 0.893. The van der Waals surface area contributed by atoms with E-state index in [1.807, 2.05) is 18.3 Å². The van der Waals surface area contributed by atoms with E-state index >= 15 is 0 Å². The van der Waals surface area contributed by atoms with Crippen molar-refractivity contribution in [1.29, 1.82) is 0 Å². The Balaban J connectivity index is 1.71. The number of carbonyl (C=O) groups excluding carboxylic acids is 1. The average molecular weight is 275 g/mol. The first-order valence-corrected chi connectivity index (χ1v) is 7.96. The van der Waals surface area contributed by atoms with Crippen molar-refractivity contribution in [1.82, 2.24) is 14.8 Å². The third-order valence-electron chi connectivity index (χ3n) is 4.49. The lowest BCUT2D eigenvalue weighted by molar-refractivity contribution is 0.0693. The lowest BCUT2D eigenvalue weighted by Crippen LogP contribution is -2.42. The van der Waals surface area contributed by atoms with E-state index in [1.54, 1.807) is 0 Å². The minimum absolute atomic E-state index is 0.227. The number of hydrogen-bond donors (Lipinski definition) is 1. The van der Waals surface area contributed by atoms with Crippen LogP contribution in [0.15, 0.2) is 18.3 Å². The van der Waals surface area contributed by atoms with E-state index in [1.165, 1.54) is 25.7 Å². The maximum absolute atomic E-state index is 12.8. The Hall–Kier alpha value is -1.29. The molecule has 1 N–H and O–H groups in total. The van der Waals surface area contributed by atoms with Gasteiger partial charge < -0.3 is 14.8 Å². The van der Waals surface area contributed by atoms with Crippen LogP contribution in [0.3, 0.4) is 0 Å². The number of amides is 1. The second-order valence-electron chi connectivity index (χ2n) is 6.08. The molecule has 1 saturated carbocycles. The van der Waals surface area contributed by atoms with Crippen molar-refractivity contribution in [3.8, 4) is 0 Å². The molecule has 1 unspecified atom stereocenters. The van der Waals surface area contributed by atoms with Crippen LogP contribution in [0.2, 0.25) is 0 Å². The van der Waals surface area contributed by atoms with Gasteiger partial charge in [0.25, 0.3) is 5.91 Å². The van der Waals surface area contributed by atoms with Gasteiger partial charge in [0, 0.05) is 25.3 Å². The third kappa shape index (κ3) is 2.90. The standard InChI is InChI=1S/C16H25N3O/c1-2-18-10-4-6-15(18)16(20)19(14-7-8-14)12-13-5-3-9-17-11-13/h4,6,10,13-14,17H,2-3,5,7-9,11-12H2,1H3. The number of rotatable bonds is 5. The summed E-state index contributed by atoms with van der Waals surface area (Å²) < 4.78 is 2.05. The molecule has 0 bridgehead atoms. The van der Waals surface area contributed by atoms with E-state index < -0.39 is 0 Å². The monoisotopic (exact) mass is 275 g/mol. The molecular formula is C16H25N3O. The lowest BCUT2D eigenvalue weighted by atomic mass is 9.99. The molecule has 1 atom stereocenters.